The van der Waals surface area contributed by atoms with Crippen molar-refractivity contribution in [1.82, 2.24) is 24.6 Å². The van der Waals surface area contributed by atoms with Crippen LogP contribution in [0.1, 0.15) is 47.1 Å². The van der Waals surface area contributed by atoms with Gasteiger partial charge >= 0.3 is 0 Å². The maximum atomic E-state index is 5.03. The standard InChI is InChI=1S/C27H31N5/c1-28-24-7-4-6-21-14-15-22(30-27(21)24)16-23-18-32-25(8-5-9-26(32)29-23)20-12-10-19(11-13-20)17-31(2)3/h5,8-15,18,24,28H,4,6-7,16-17H2,1-3H3. The summed E-state index contributed by atoms with van der Waals surface area (Å²) in [6.45, 7) is 0.946. The van der Waals surface area contributed by atoms with Crippen LogP contribution < -0.4 is 5.32 Å². The topological polar surface area (TPSA) is 45.5 Å². The Hall–Kier alpha value is -3.02. The predicted octanol–water partition coefficient (Wildman–Crippen LogP) is 4.65. The molecule has 1 aromatic carbocycles. The number of aromatic nitrogens is 3. The van der Waals surface area contributed by atoms with Crippen LogP contribution in [0.2, 0.25) is 0 Å². The highest BCUT2D eigenvalue weighted by Gasteiger charge is 2.20. The summed E-state index contributed by atoms with van der Waals surface area (Å²) >= 11 is 0. The highest BCUT2D eigenvalue weighted by molar-refractivity contribution is 5.64. The van der Waals surface area contributed by atoms with Gasteiger partial charge in [-0.05, 0) is 75.3 Å². The molecule has 1 atom stereocenters. The minimum Gasteiger partial charge on any atom is -0.312 e. The van der Waals surface area contributed by atoms with Crippen LogP contribution in [0.4, 0.5) is 0 Å². The fraction of sp³-hybridized carbons (Fsp3) is 0.333. The largest absolute Gasteiger partial charge is 0.312 e. The van der Waals surface area contributed by atoms with Gasteiger partial charge in [-0.2, -0.15) is 0 Å². The van der Waals surface area contributed by atoms with Crippen LogP contribution in [0, 0.1) is 0 Å². The van der Waals surface area contributed by atoms with Crippen LogP contribution >= 0.6 is 0 Å². The van der Waals surface area contributed by atoms with Gasteiger partial charge < -0.3 is 10.2 Å². The number of rotatable bonds is 6. The van der Waals surface area contributed by atoms with Gasteiger partial charge in [-0.25, -0.2) is 4.98 Å². The molecule has 164 valence electrons. The molecule has 3 aromatic heterocycles. The molecule has 1 unspecified atom stereocenters. The number of pyridine rings is 2. The zero-order chi connectivity index (χ0) is 22.1. The van der Waals surface area contributed by atoms with Gasteiger partial charge in [-0.1, -0.05) is 36.4 Å². The first-order valence-corrected chi connectivity index (χ1v) is 11.5. The van der Waals surface area contributed by atoms with Crippen molar-refractivity contribution >= 4 is 5.65 Å². The number of aryl methyl sites for hydroxylation is 1. The third-order valence-electron chi connectivity index (χ3n) is 6.34. The SMILES string of the molecule is CNC1CCCc2ccc(Cc3cn4c(-c5ccc(CN(C)C)cc5)cccc4n3)nc21. The van der Waals surface area contributed by atoms with Crippen molar-refractivity contribution in [1.29, 1.82) is 0 Å². The van der Waals surface area contributed by atoms with Crippen molar-refractivity contribution in [3.05, 3.63) is 89.0 Å². The molecule has 0 radical (unpaired) electrons. The first kappa shape index (κ1) is 20.9. The fourth-order valence-corrected chi connectivity index (χ4v) is 4.79. The van der Waals surface area contributed by atoms with E-state index in [0.29, 0.717) is 6.04 Å². The Morgan fingerprint density at radius 3 is 2.62 bits per heavy atom. The molecule has 0 aliphatic heterocycles. The second kappa shape index (κ2) is 8.85. The van der Waals surface area contributed by atoms with Gasteiger partial charge in [0, 0.05) is 30.9 Å². The maximum Gasteiger partial charge on any atom is 0.137 e. The minimum atomic E-state index is 0.363. The molecular formula is C27H31N5. The van der Waals surface area contributed by atoms with Gasteiger partial charge in [0.05, 0.1) is 17.1 Å². The quantitative estimate of drug-likeness (QED) is 0.489. The smallest absolute Gasteiger partial charge is 0.137 e. The van der Waals surface area contributed by atoms with Crippen LogP contribution in [-0.4, -0.2) is 40.4 Å². The van der Waals surface area contributed by atoms with Crippen LogP contribution in [0.5, 0.6) is 0 Å². The van der Waals surface area contributed by atoms with E-state index < -0.39 is 0 Å². The van der Waals surface area contributed by atoms with E-state index >= 15 is 0 Å². The molecular weight excluding hydrogens is 394 g/mol. The monoisotopic (exact) mass is 425 g/mol. The highest BCUT2D eigenvalue weighted by atomic mass is 15.0. The zero-order valence-electron chi connectivity index (χ0n) is 19.2. The molecule has 32 heavy (non-hydrogen) atoms. The molecule has 1 aliphatic rings. The first-order valence-electron chi connectivity index (χ1n) is 11.5. The van der Waals surface area contributed by atoms with Gasteiger partial charge in [0.1, 0.15) is 5.65 Å². The Kier molecular flexibility index (Phi) is 5.77. The van der Waals surface area contributed by atoms with Crippen molar-refractivity contribution in [3.63, 3.8) is 0 Å². The Balaban J connectivity index is 1.44. The Morgan fingerprint density at radius 1 is 1.00 bits per heavy atom. The van der Waals surface area contributed by atoms with E-state index in [1.165, 1.54) is 28.8 Å². The van der Waals surface area contributed by atoms with Crippen LogP contribution in [-0.2, 0) is 19.4 Å². The van der Waals surface area contributed by atoms with Crippen molar-refractivity contribution in [2.24, 2.45) is 0 Å². The van der Waals surface area contributed by atoms with E-state index in [1.54, 1.807) is 0 Å². The van der Waals surface area contributed by atoms with Gasteiger partial charge in [0.15, 0.2) is 0 Å². The van der Waals surface area contributed by atoms with Crippen molar-refractivity contribution in [3.8, 4) is 11.3 Å². The summed E-state index contributed by atoms with van der Waals surface area (Å²) < 4.78 is 2.20. The number of fused-ring (bicyclic) bond motifs is 2. The molecule has 4 aromatic rings. The molecule has 0 bridgehead atoms. The summed E-state index contributed by atoms with van der Waals surface area (Å²) in [5, 5.41) is 3.43. The van der Waals surface area contributed by atoms with Crippen molar-refractivity contribution in [2.75, 3.05) is 21.1 Å². The number of hydrogen-bond donors (Lipinski definition) is 1. The van der Waals surface area contributed by atoms with Gasteiger partial charge in [-0.15, -0.1) is 0 Å². The first-order chi connectivity index (χ1) is 15.6. The van der Waals surface area contributed by atoms with E-state index in [9.17, 15) is 0 Å². The number of nitrogens with zero attached hydrogens (tertiary/aromatic N) is 4. The molecule has 5 rings (SSSR count). The normalized spacial score (nSPS) is 15.9. The average molecular weight is 426 g/mol. The lowest BCUT2D eigenvalue weighted by atomic mass is 9.91. The summed E-state index contributed by atoms with van der Waals surface area (Å²) in [6.07, 6.45) is 6.42. The second-order valence-electron chi connectivity index (χ2n) is 9.06. The van der Waals surface area contributed by atoms with Gasteiger partial charge in [-0.3, -0.25) is 9.38 Å². The van der Waals surface area contributed by atoms with E-state index in [1.807, 2.05) is 7.05 Å². The fourth-order valence-electron chi connectivity index (χ4n) is 4.79. The summed E-state index contributed by atoms with van der Waals surface area (Å²) in [5.74, 6) is 0. The summed E-state index contributed by atoms with van der Waals surface area (Å²) in [4.78, 5) is 12.1. The Bertz CT molecular complexity index is 1220. The van der Waals surface area contributed by atoms with Crippen LogP contribution in [0.3, 0.4) is 0 Å². The minimum absolute atomic E-state index is 0.363. The molecule has 1 N–H and O–H groups in total. The molecule has 0 saturated heterocycles. The zero-order valence-corrected chi connectivity index (χ0v) is 19.2. The molecule has 3 heterocycles. The summed E-state index contributed by atoms with van der Waals surface area (Å²) in [5.41, 5.74) is 9.39. The number of benzene rings is 1. The molecule has 5 nitrogen and oxygen atoms in total. The van der Waals surface area contributed by atoms with E-state index in [0.717, 1.165) is 48.5 Å². The Morgan fingerprint density at radius 2 is 1.84 bits per heavy atom. The highest BCUT2D eigenvalue weighted by Crippen LogP contribution is 2.29. The van der Waals surface area contributed by atoms with E-state index in [-0.39, 0.29) is 0 Å². The second-order valence-corrected chi connectivity index (χ2v) is 9.06. The van der Waals surface area contributed by atoms with Gasteiger partial charge in [0.25, 0.3) is 0 Å². The molecule has 5 heteroatoms. The lowest BCUT2D eigenvalue weighted by molar-refractivity contribution is 0.402. The predicted molar refractivity (Wildman–Crippen MR) is 130 cm³/mol. The number of hydrogen-bond acceptors (Lipinski definition) is 4. The lowest BCUT2D eigenvalue weighted by Crippen LogP contribution is -2.23. The van der Waals surface area contributed by atoms with Crippen LogP contribution in [0.15, 0.2) is 60.8 Å². The third-order valence-corrected chi connectivity index (χ3v) is 6.34. The van der Waals surface area contributed by atoms with Crippen LogP contribution in [0.25, 0.3) is 16.9 Å². The van der Waals surface area contributed by atoms with E-state index in [2.05, 4.69) is 89.5 Å². The number of imidazole rings is 1. The third kappa shape index (κ3) is 4.18. The Labute approximate surface area is 190 Å². The summed E-state index contributed by atoms with van der Waals surface area (Å²) in [7, 11) is 6.22. The average Bonchev–Trinajstić information content (AvgIpc) is 3.21. The van der Waals surface area contributed by atoms with E-state index in [4.69, 9.17) is 9.97 Å². The molecule has 0 amide bonds. The molecule has 0 saturated carbocycles. The molecule has 0 spiro atoms. The molecule has 0 fully saturated rings. The summed E-state index contributed by atoms with van der Waals surface area (Å²) in [6, 6.07) is 19.9. The van der Waals surface area contributed by atoms with Gasteiger partial charge in [0.2, 0.25) is 0 Å². The maximum absolute atomic E-state index is 5.03. The number of nitrogens with one attached hydrogen (secondary N) is 1. The molecule has 1 aliphatic carbocycles. The van der Waals surface area contributed by atoms with Crippen molar-refractivity contribution in [2.45, 2.75) is 38.3 Å². The van der Waals surface area contributed by atoms with Crippen molar-refractivity contribution < 1.29 is 0 Å². The lowest BCUT2D eigenvalue weighted by Gasteiger charge is -2.24.